The van der Waals surface area contributed by atoms with E-state index in [2.05, 4.69) is 72.3 Å². The Morgan fingerprint density at radius 1 is 1.00 bits per heavy atom. The Labute approximate surface area is 136 Å². The molecule has 0 aliphatic carbocycles. The lowest BCUT2D eigenvalue weighted by molar-refractivity contribution is 0.304. The van der Waals surface area contributed by atoms with Crippen LogP contribution in [-0.2, 0) is 0 Å². The molecule has 21 heavy (non-hydrogen) atoms. The van der Waals surface area contributed by atoms with Crippen molar-refractivity contribution in [2.24, 2.45) is 5.41 Å². The van der Waals surface area contributed by atoms with Crippen molar-refractivity contribution in [2.45, 2.75) is 27.2 Å². The van der Waals surface area contributed by atoms with E-state index in [4.69, 9.17) is 4.74 Å². The van der Waals surface area contributed by atoms with E-state index >= 15 is 0 Å². The topological polar surface area (TPSA) is 21.3 Å². The summed E-state index contributed by atoms with van der Waals surface area (Å²) in [6.45, 7) is 9.41. The number of hydrogen-bond acceptors (Lipinski definition) is 2. The lowest BCUT2D eigenvalue weighted by Gasteiger charge is -2.18. The van der Waals surface area contributed by atoms with Crippen molar-refractivity contribution in [3.8, 4) is 5.75 Å². The third-order valence-corrected chi connectivity index (χ3v) is 3.87. The van der Waals surface area contributed by atoms with Gasteiger partial charge in [-0.15, -0.1) is 0 Å². The second kappa shape index (κ2) is 7.28. The molecule has 0 unspecified atom stereocenters. The van der Waals surface area contributed by atoms with E-state index in [1.807, 2.05) is 6.07 Å². The van der Waals surface area contributed by atoms with Crippen molar-refractivity contribution in [1.82, 2.24) is 5.32 Å². The molecule has 114 valence electrons. The van der Waals surface area contributed by atoms with Crippen LogP contribution in [0, 0.1) is 5.41 Å². The van der Waals surface area contributed by atoms with E-state index in [-0.39, 0.29) is 0 Å². The zero-order chi connectivity index (χ0) is 15.3. The van der Waals surface area contributed by atoms with Crippen LogP contribution in [-0.4, -0.2) is 19.7 Å². The molecule has 0 aromatic heterocycles. The lowest BCUT2D eigenvalue weighted by atomic mass is 9.92. The first-order valence-corrected chi connectivity index (χ1v) is 8.26. The number of ether oxygens (including phenoxy) is 1. The molecule has 2 aromatic carbocycles. The molecule has 0 atom stereocenters. The summed E-state index contributed by atoms with van der Waals surface area (Å²) in [7, 11) is 0. The summed E-state index contributed by atoms with van der Waals surface area (Å²) in [5.74, 6) is 0.933. The summed E-state index contributed by atoms with van der Waals surface area (Å²) >= 11 is 3.49. The highest BCUT2D eigenvalue weighted by molar-refractivity contribution is 9.10. The normalized spacial score (nSPS) is 11.8. The maximum absolute atomic E-state index is 5.80. The maximum Gasteiger partial charge on any atom is 0.120 e. The predicted octanol–water partition coefficient (Wildman–Crippen LogP) is 5.01. The van der Waals surface area contributed by atoms with E-state index in [1.165, 1.54) is 17.2 Å². The Morgan fingerprint density at radius 2 is 1.71 bits per heavy atom. The van der Waals surface area contributed by atoms with Gasteiger partial charge in [-0.2, -0.15) is 0 Å². The molecule has 0 aliphatic heterocycles. The number of rotatable bonds is 6. The van der Waals surface area contributed by atoms with Gasteiger partial charge >= 0.3 is 0 Å². The summed E-state index contributed by atoms with van der Waals surface area (Å²) in [6, 6.07) is 12.5. The molecule has 0 heterocycles. The summed E-state index contributed by atoms with van der Waals surface area (Å²) < 4.78 is 6.91. The minimum Gasteiger partial charge on any atom is -0.492 e. The van der Waals surface area contributed by atoms with E-state index in [0.29, 0.717) is 12.0 Å². The molecular weight excluding hydrogens is 326 g/mol. The predicted molar refractivity (Wildman–Crippen MR) is 94.1 cm³/mol. The van der Waals surface area contributed by atoms with Crippen LogP contribution >= 0.6 is 15.9 Å². The van der Waals surface area contributed by atoms with Gasteiger partial charge in [0.1, 0.15) is 12.4 Å². The van der Waals surface area contributed by atoms with Gasteiger partial charge in [-0.3, -0.25) is 0 Å². The molecule has 0 saturated heterocycles. The highest BCUT2D eigenvalue weighted by Gasteiger charge is 2.08. The Kier molecular flexibility index (Phi) is 5.65. The van der Waals surface area contributed by atoms with Gasteiger partial charge in [-0.1, -0.05) is 48.8 Å². The molecule has 2 aromatic rings. The number of hydrogen-bond donors (Lipinski definition) is 1. The van der Waals surface area contributed by atoms with Crippen LogP contribution in [0.15, 0.2) is 40.9 Å². The lowest BCUT2D eigenvalue weighted by Crippen LogP contribution is -2.25. The first kappa shape index (κ1) is 16.3. The van der Waals surface area contributed by atoms with Crippen molar-refractivity contribution in [1.29, 1.82) is 0 Å². The quantitative estimate of drug-likeness (QED) is 0.740. The average molecular weight is 350 g/mol. The minimum absolute atomic E-state index is 0.389. The van der Waals surface area contributed by atoms with Gasteiger partial charge in [0.15, 0.2) is 0 Å². The molecule has 0 saturated carbocycles. The fraction of sp³-hybridized carbons (Fsp3) is 0.444. The van der Waals surface area contributed by atoms with Crippen LogP contribution in [0.2, 0.25) is 0 Å². The number of fused-ring (bicyclic) bond motifs is 1. The maximum atomic E-state index is 5.80. The van der Waals surface area contributed by atoms with Crippen molar-refractivity contribution >= 4 is 26.7 Å². The summed E-state index contributed by atoms with van der Waals surface area (Å²) in [5.41, 5.74) is 0.389. The van der Waals surface area contributed by atoms with Crippen LogP contribution in [0.5, 0.6) is 5.75 Å². The van der Waals surface area contributed by atoms with Gasteiger partial charge in [-0.05, 0) is 53.4 Å². The van der Waals surface area contributed by atoms with Gasteiger partial charge in [-0.25, -0.2) is 0 Å². The van der Waals surface area contributed by atoms with E-state index < -0.39 is 0 Å². The fourth-order valence-electron chi connectivity index (χ4n) is 2.11. The number of halogens is 1. The van der Waals surface area contributed by atoms with Gasteiger partial charge in [0.25, 0.3) is 0 Å². The standard InChI is InChI=1S/C18H24BrNO/c1-18(2,3)8-9-20-10-11-21-17-7-5-14-12-16(19)6-4-15(14)13-17/h4-7,12-13,20H,8-11H2,1-3H3. The summed E-state index contributed by atoms with van der Waals surface area (Å²) in [6.07, 6.45) is 1.18. The highest BCUT2D eigenvalue weighted by atomic mass is 79.9. The van der Waals surface area contributed by atoms with Crippen molar-refractivity contribution in [3.63, 3.8) is 0 Å². The zero-order valence-corrected chi connectivity index (χ0v) is 14.7. The first-order valence-electron chi connectivity index (χ1n) is 7.47. The first-order chi connectivity index (χ1) is 9.94. The molecule has 0 fully saturated rings. The molecule has 3 heteroatoms. The van der Waals surface area contributed by atoms with Crippen molar-refractivity contribution in [3.05, 3.63) is 40.9 Å². The third kappa shape index (κ3) is 5.68. The molecule has 1 N–H and O–H groups in total. The van der Waals surface area contributed by atoms with Crippen LogP contribution in [0.3, 0.4) is 0 Å². The summed E-state index contributed by atoms with van der Waals surface area (Å²) in [5, 5.41) is 5.85. The second-order valence-corrected chi connectivity index (χ2v) is 7.48. The molecule has 2 nitrogen and oxygen atoms in total. The molecule has 2 rings (SSSR count). The monoisotopic (exact) mass is 349 g/mol. The molecule has 0 spiro atoms. The zero-order valence-electron chi connectivity index (χ0n) is 13.1. The van der Waals surface area contributed by atoms with Crippen LogP contribution in [0.25, 0.3) is 10.8 Å². The van der Waals surface area contributed by atoms with Gasteiger partial charge in [0.2, 0.25) is 0 Å². The van der Waals surface area contributed by atoms with Gasteiger partial charge < -0.3 is 10.1 Å². The van der Waals surface area contributed by atoms with Crippen LogP contribution < -0.4 is 10.1 Å². The molecule has 0 bridgehead atoms. The van der Waals surface area contributed by atoms with E-state index in [9.17, 15) is 0 Å². The largest absolute Gasteiger partial charge is 0.492 e. The van der Waals surface area contributed by atoms with E-state index in [0.717, 1.165) is 23.3 Å². The molecular formula is C18H24BrNO. The SMILES string of the molecule is CC(C)(C)CCNCCOc1ccc2cc(Br)ccc2c1. The van der Waals surface area contributed by atoms with Crippen molar-refractivity contribution in [2.75, 3.05) is 19.7 Å². The Hall–Kier alpha value is -1.06. The molecule has 0 aliphatic rings. The minimum atomic E-state index is 0.389. The summed E-state index contributed by atoms with van der Waals surface area (Å²) in [4.78, 5) is 0. The fourth-order valence-corrected chi connectivity index (χ4v) is 2.49. The number of benzene rings is 2. The molecule has 0 radical (unpaired) electrons. The smallest absolute Gasteiger partial charge is 0.120 e. The third-order valence-electron chi connectivity index (χ3n) is 3.37. The van der Waals surface area contributed by atoms with Gasteiger partial charge in [0.05, 0.1) is 0 Å². The number of nitrogens with one attached hydrogen (secondary N) is 1. The Bertz CT molecular complexity index is 589. The van der Waals surface area contributed by atoms with Gasteiger partial charge in [0, 0.05) is 11.0 Å². The van der Waals surface area contributed by atoms with E-state index in [1.54, 1.807) is 0 Å². The second-order valence-electron chi connectivity index (χ2n) is 6.56. The Balaban J connectivity index is 1.77. The van der Waals surface area contributed by atoms with Crippen LogP contribution in [0.1, 0.15) is 27.2 Å². The van der Waals surface area contributed by atoms with Crippen molar-refractivity contribution < 1.29 is 4.74 Å². The molecule has 0 amide bonds. The Morgan fingerprint density at radius 3 is 2.48 bits per heavy atom. The highest BCUT2D eigenvalue weighted by Crippen LogP contribution is 2.24. The van der Waals surface area contributed by atoms with Crippen LogP contribution in [0.4, 0.5) is 0 Å². The average Bonchev–Trinajstić information content (AvgIpc) is 2.41.